The molecule has 0 aliphatic carbocycles. The normalized spacial score (nSPS) is 10.4. The molecule has 108 valence electrons. The standard InChI is InChI=1S/C16H13Cl2FN2/c17-14-2-1-13(16(18)8-14)3-4-21-10-12-5-11(9-20)6-15(19)7-12/h1-2,5-8,21H,3-4,10H2. The van der Waals surface area contributed by atoms with E-state index in [4.69, 9.17) is 28.5 Å². The van der Waals surface area contributed by atoms with Crippen LogP contribution in [-0.2, 0) is 13.0 Å². The lowest BCUT2D eigenvalue weighted by atomic mass is 10.1. The van der Waals surface area contributed by atoms with Gasteiger partial charge in [0.25, 0.3) is 0 Å². The molecule has 1 N–H and O–H groups in total. The third-order valence-corrected chi connectivity index (χ3v) is 3.59. The Balaban J connectivity index is 1.87. The minimum atomic E-state index is -0.397. The molecule has 0 bridgehead atoms. The van der Waals surface area contributed by atoms with Gasteiger partial charge in [0.15, 0.2) is 0 Å². The van der Waals surface area contributed by atoms with Gasteiger partial charge in [-0.15, -0.1) is 0 Å². The summed E-state index contributed by atoms with van der Waals surface area (Å²) in [5, 5.41) is 13.3. The Bertz CT molecular complexity index is 680. The number of hydrogen-bond acceptors (Lipinski definition) is 2. The molecule has 0 aliphatic heterocycles. The second-order valence-electron chi connectivity index (χ2n) is 4.62. The molecule has 2 rings (SSSR count). The predicted molar refractivity (Wildman–Crippen MR) is 83.0 cm³/mol. The molecule has 0 heterocycles. The predicted octanol–water partition coefficient (Wildman–Crippen LogP) is 4.34. The maximum atomic E-state index is 13.3. The molecule has 0 atom stereocenters. The van der Waals surface area contributed by atoms with Crippen molar-refractivity contribution in [3.05, 3.63) is 69.0 Å². The fraction of sp³-hybridized carbons (Fsp3) is 0.188. The first-order valence-corrected chi connectivity index (χ1v) is 7.18. The van der Waals surface area contributed by atoms with Gasteiger partial charge in [-0.05, 0) is 54.4 Å². The largest absolute Gasteiger partial charge is 0.312 e. The number of nitriles is 1. The van der Waals surface area contributed by atoms with E-state index in [2.05, 4.69) is 5.32 Å². The molecular formula is C16H13Cl2FN2. The summed E-state index contributed by atoms with van der Waals surface area (Å²) in [5.74, 6) is -0.397. The van der Waals surface area contributed by atoms with Crippen LogP contribution in [0.3, 0.4) is 0 Å². The average molecular weight is 323 g/mol. The highest BCUT2D eigenvalue weighted by Crippen LogP contribution is 2.21. The SMILES string of the molecule is N#Cc1cc(F)cc(CNCCc2ccc(Cl)cc2Cl)c1. The van der Waals surface area contributed by atoms with Crippen LogP contribution in [0, 0.1) is 17.1 Å². The third-order valence-electron chi connectivity index (χ3n) is 3.00. The van der Waals surface area contributed by atoms with Crippen LogP contribution in [0.2, 0.25) is 10.0 Å². The second kappa shape index (κ2) is 7.42. The van der Waals surface area contributed by atoms with E-state index in [0.717, 1.165) is 17.5 Å². The van der Waals surface area contributed by atoms with Gasteiger partial charge in [-0.25, -0.2) is 4.39 Å². The lowest BCUT2D eigenvalue weighted by molar-refractivity contribution is 0.619. The zero-order chi connectivity index (χ0) is 15.2. The van der Waals surface area contributed by atoms with E-state index in [0.29, 0.717) is 28.7 Å². The smallest absolute Gasteiger partial charge is 0.124 e. The van der Waals surface area contributed by atoms with Crippen molar-refractivity contribution >= 4 is 23.2 Å². The van der Waals surface area contributed by atoms with E-state index in [1.807, 2.05) is 12.1 Å². The molecule has 0 saturated heterocycles. The Kier molecular flexibility index (Phi) is 5.58. The van der Waals surface area contributed by atoms with Crippen molar-refractivity contribution in [2.75, 3.05) is 6.54 Å². The van der Waals surface area contributed by atoms with Crippen molar-refractivity contribution in [2.24, 2.45) is 0 Å². The first-order valence-electron chi connectivity index (χ1n) is 6.42. The van der Waals surface area contributed by atoms with E-state index in [9.17, 15) is 4.39 Å². The summed E-state index contributed by atoms with van der Waals surface area (Å²) in [7, 11) is 0. The summed E-state index contributed by atoms with van der Waals surface area (Å²) in [6.07, 6.45) is 0.746. The molecule has 0 radical (unpaired) electrons. The summed E-state index contributed by atoms with van der Waals surface area (Å²) >= 11 is 11.9. The Labute approximate surface area is 133 Å². The van der Waals surface area contributed by atoms with Gasteiger partial charge in [0.05, 0.1) is 11.6 Å². The second-order valence-corrected chi connectivity index (χ2v) is 5.47. The van der Waals surface area contributed by atoms with Crippen LogP contribution < -0.4 is 5.32 Å². The van der Waals surface area contributed by atoms with Crippen LogP contribution >= 0.6 is 23.2 Å². The van der Waals surface area contributed by atoms with Gasteiger partial charge in [0.2, 0.25) is 0 Å². The molecule has 0 saturated carbocycles. The van der Waals surface area contributed by atoms with Crippen LogP contribution in [-0.4, -0.2) is 6.54 Å². The highest BCUT2D eigenvalue weighted by atomic mass is 35.5. The van der Waals surface area contributed by atoms with Crippen molar-refractivity contribution in [1.82, 2.24) is 5.32 Å². The third kappa shape index (κ3) is 4.71. The Morgan fingerprint density at radius 2 is 1.95 bits per heavy atom. The fourth-order valence-corrected chi connectivity index (χ4v) is 2.50. The van der Waals surface area contributed by atoms with Crippen molar-refractivity contribution < 1.29 is 4.39 Å². The molecule has 0 aromatic heterocycles. The molecule has 0 aliphatic rings. The zero-order valence-corrected chi connectivity index (χ0v) is 12.7. The van der Waals surface area contributed by atoms with Gasteiger partial charge >= 0.3 is 0 Å². The molecular weight excluding hydrogens is 310 g/mol. The molecule has 21 heavy (non-hydrogen) atoms. The number of rotatable bonds is 5. The quantitative estimate of drug-likeness (QED) is 0.831. The van der Waals surface area contributed by atoms with E-state index >= 15 is 0 Å². The van der Waals surface area contributed by atoms with Gasteiger partial charge in [0.1, 0.15) is 5.82 Å². The van der Waals surface area contributed by atoms with E-state index < -0.39 is 5.82 Å². The monoisotopic (exact) mass is 322 g/mol. The Hall–Kier alpha value is -1.60. The molecule has 2 aromatic carbocycles. The minimum absolute atomic E-state index is 0.326. The first-order chi connectivity index (χ1) is 10.1. The summed E-state index contributed by atoms with van der Waals surface area (Å²) in [6.45, 7) is 1.19. The van der Waals surface area contributed by atoms with Gasteiger partial charge in [-0.1, -0.05) is 29.3 Å². The molecule has 0 spiro atoms. The van der Waals surface area contributed by atoms with Gasteiger partial charge in [-0.2, -0.15) is 5.26 Å². The first kappa shape index (κ1) is 15.8. The summed E-state index contributed by atoms with van der Waals surface area (Å²) < 4.78 is 13.3. The molecule has 0 fully saturated rings. The lowest BCUT2D eigenvalue weighted by Crippen LogP contribution is -2.17. The number of halogens is 3. The lowest BCUT2D eigenvalue weighted by Gasteiger charge is -2.07. The number of benzene rings is 2. The van der Waals surface area contributed by atoms with Gasteiger partial charge in [0, 0.05) is 16.6 Å². The van der Waals surface area contributed by atoms with E-state index in [-0.39, 0.29) is 0 Å². The molecule has 5 heteroatoms. The summed E-state index contributed by atoms with van der Waals surface area (Å²) in [6, 6.07) is 11.7. The molecule has 0 amide bonds. The highest BCUT2D eigenvalue weighted by Gasteiger charge is 2.03. The van der Waals surface area contributed by atoms with Crippen molar-refractivity contribution in [3.63, 3.8) is 0 Å². The van der Waals surface area contributed by atoms with Gasteiger partial charge < -0.3 is 5.32 Å². The topological polar surface area (TPSA) is 35.8 Å². The van der Waals surface area contributed by atoms with Gasteiger partial charge in [-0.3, -0.25) is 0 Å². The molecule has 0 unspecified atom stereocenters. The maximum Gasteiger partial charge on any atom is 0.124 e. The average Bonchev–Trinajstić information content (AvgIpc) is 2.44. The highest BCUT2D eigenvalue weighted by molar-refractivity contribution is 6.35. The fourth-order valence-electron chi connectivity index (χ4n) is 2.00. The van der Waals surface area contributed by atoms with Crippen molar-refractivity contribution in [1.29, 1.82) is 5.26 Å². The van der Waals surface area contributed by atoms with Crippen LogP contribution in [0.15, 0.2) is 36.4 Å². The van der Waals surface area contributed by atoms with Crippen LogP contribution in [0.5, 0.6) is 0 Å². The number of hydrogen-bond donors (Lipinski definition) is 1. The summed E-state index contributed by atoms with van der Waals surface area (Å²) in [5.41, 5.74) is 2.08. The Morgan fingerprint density at radius 3 is 2.67 bits per heavy atom. The van der Waals surface area contributed by atoms with Crippen molar-refractivity contribution in [3.8, 4) is 6.07 Å². The maximum absolute atomic E-state index is 13.3. The van der Waals surface area contributed by atoms with E-state index in [1.54, 1.807) is 18.2 Å². The van der Waals surface area contributed by atoms with Crippen LogP contribution in [0.25, 0.3) is 0 Å². The number of nitrogens with one attached hydrogen (secondary N) is 1. The molecule has 2 nitrogen and oxygen atoms in total. The minimum Gasteiger partial charge on any atom is -0.312 e. The van der Waals surface area contributed by atoms with Crippen LogP contribution in [0.4, 0.5) is 4.39 Å². The summed E-state index contributed by atoms with van der Waals surface area (Å²) in [4.78, 5) is 0. The van der Waals surface area contributed by atoms with Crippen molar-refractivity contribution in [2.45, 2.75) is 13.0 Å². The zero-order valence-electron chi connectivity index (χ0n) is 11.2. The van der Waals surface area contributed by atoms with E-state index in [1.165, 1.54) is 12.1 Å². The Morgan fingerprint density at radius 1 is 1.14 bits per heavy atom. The molecule has 2 aromatic rings. The van der Waals surface area contributed by atoms with Crippen LogP contribution in [0.1, 0.15) is 16.7 Å². The number of nitrogens with zero attached hydrogens (tertiary/aromatic N) is 1.